The van der Waals surface area contributed by atoms with Crippen molar-refractivity contribution >= 4 is 31.8 Å². The molecule has 1 amide bonds. The summed E-state index contributed by atoms with van der Waals surface area (Å²) >= 11 is 0. The highest BCUT2D eigenvalue weighted by atomic mass is 28.4. The molecule has 0 aromatic carbocycles. The molecule has 2 N–H and O–H groups in total. The Kier molecular flexibility index (Phi) is 21.0. The summed E-state index contributed by atoms with van der Waals surface area (Å²) in [5.41, 5.74) is 1.12. The predicted octanol–water partition coefficient (Wildman–Crippen LogP) is 7.47. The summed E-state index contributed by atoms with van der Waals surface area (Å²) in [5.74, 6) is -8.48. The van der Waals surface area contributed by atoms with E-state index in [4.69, 9.17) is 32.8 Å². The fourth-order valence-corrected chi connectivity index (χ4v) is 11.8. The van der Waals surface area contributed by atoms with Crippen molar-refractivity contribution in [2.75, 3.05) is 41.1 Å². The number of ether oxygens (including phenoxy) is 6. The molecule has 0 spiro atoms. The standard InChI is InChI=1S/C51H86FNO13Si/c1-15-36-25-30(2)44(52)31(3)26-42(61-11)46-43(62-12)27-33(5)51(59,65-46)47(56)48(57)53-21-17-16-18-37(53)49(58)64-45(34(6)40(29-38(36)55)66-67(13,14)50(7,8)9)32(4)24-35-19-20-39(63-23-22-54)41(28-35)60-10/h24-25,31,33-37,39-46,54,59H,15-23,26-29H2,1-14H3/b30-25+,32-24?. The van der Waals surface area contributed by atoms with Crippen molar-refractivity contribution in [3.63, 3.8) is 0 Å². The molecule has 15 atom stereocenters. The second-order valence-corrected chi connectivity index (χ2v) is 26.3. The summed E-state index contributed by atoms with van der Waals surface area (Å²) in [4.78, 5) is 59.8. The lowest BCUT2D eigenvalue weighted by atomic mass is 9.81. The Morgan fingerprint density at radius 1 is 0.940 bits per heavy atom. The second-order valence-electron chi connectivity index (χ2n) is 21.5. The molecular formula is C51H86FNO13Si. The van der Waals surface area contributed by atoms with Gasteiger partial charge >= 0.3 is 5.97 Å². The van der Waals surface area contributed by atoms with Gasteiger partial charge in [-0.15, -0.1) is 0 Å². The first-order chi connectivity index (χ1) is 31.4. The van der Waals surface area contributed by atoms with Crippen molar-refractivity contribution in [3.8, 4) is 0 Å². The van der Waals surface area contributed by atoms with Crippen molar-refractivity contribution in [1.82, 2.24) is 4.90 Å². The number of fused-ring (bicyclic) bond motifs is 3. The van der Waals surface area contributed by atoms with Crippen molar-refractivity contribution in [3.05, 3.63) is 23.3 Å². The minimum atomic E-state index is -2.61. The molecule has 0 radical (unpaired) electrons. The average Bonchev–Trinajstić information content (AvgIpc) is 3.29. The molecule has 3 fully saturated rings. The molecule has 2 bridgehead atoms. The maximum atomic E-state index is 16.6. The molecule has 0 aromatic rings. The van der Waals surface area contributed by atoms with Gasteiger partial charge in [0.2, 0.25) is 5.79 Å². The van der Waals surface area contributed by atoms with E-state index in [-0.39, 0.29) is 74.4 Å². The molecule has 3 heterocycles. The number of carbonyl (C=O) groups excluding carboxylic acids is 4. The zero-order chi connectivity index (χ0) is 50.2. The Balaban J connectivity index is 1.89. The number of cyclic esters (lactones) is 1. The van der Waals surface area contributed by atoms with Gasteiger partial charge in [0, 0.05) is 52.0 Å². The van der Waals surface area contributed by atoms with Crippen LogP contribution in [0.4, 0.5) is 4.39 Å². The Morgan fingerprint density at radius 3 is 2.18 bits per heavy atom. The van der Waals surface area contributed by atoms with E-state index >= 15 is 4.39 Å². The number of esters is 1. The Morgan fingerprint density at radius 2 is 1.58 bits per heavy atom. The van der Waals surface area contributed by atoms with Crippen LogP contribution in [0.1, 0.15) is 127 Å². The Labute approximate surface area is 401 Å². The lowest BCUT2D eigenvalue weighted by Crippen LogP contribution is -2.64. The van der Waals surface area contributed by atoms with E-state index in [1.807, 2.05) is 20.8 Å². The number of piperidine rings is 1. The zero-order valence-corrected chi connectivity index (χ0v) is 44.1. The largest absolute Gasteiger partial charge is 0.456 e. The molecule has 4 rings (SSSR count). The first-order valence-electron chi connectivity index (χ1n) is 24.9. The van der Waals surface area contributed by atoms with Crippen LogP contribution in [0.15, 0.2) is 23.3 Å². The number of methoxy groups -OCH3 is 3. The lowest BCUT2D eigenvalue weighted by Gasteiger charge is -2.47. The van der Waals surface area contributed by atoms with Crippen LogP contribution in [0, 0.1) is 29.6 Å². The van der Waals surface area contributed by atoms with Gasteiger partial charge in [0.05, 0.1) is 43.7 Å². The van der Waals surface area contributed by atoms with Gasteiger partial charge in [-0.3, -0.25) is 14.4 Å². The molecule has 0 aromatic heterocycles. The van der Waals surface area contributed by atoms with Crippen LogP contribution in [-0.2, 0) is 52.0 Å². The smallest absolute Gasteiger partial charge is 0.329 e. The van der Waals surface area contributed by atoms with E-state index in [1.54, 1.807) is 34.0 Å². The number of aliphatic hydroxyl groups excluding tert-OH is 1. The zero-order valence-electron chi connectivity index (χ0n) is 43.1. The molecular weight excluding hydrogens is 882 g/mol. The van der Waals surface area contributed by atoms with E-state index in [9.17, 15) is 29.4 Å². The third kappa shape index (κ3) is 13.7. The number of Topliss-reactive ketones (excluding diaryl/α,β-unsaturated/α-hetero) is 2. The number of carbonyl (C=O) groups is 4. The predicted molar refractivity (Wildman–Crippen MR) is 255 cm³/mol. The van der Waals surface area contributed by atoms with E-state index in [0.717, 1.165) is 12.0 Å². The van der Waals surface area contributed by atoms with Gasteiger partial charge in [0.15, 0.2) is 8.32 Å². The summed E-state index contributed by atoms with van der Waals surface area (Å²) in [7, 11) is 1.95. The van der Waals surface area contributed by atoms with E-state index < -0.39 is 98.2 Å². The summed E-state index contributed by atoms with van der Waals surface area (Å²) in [6.45, 7) is 21.5. The van der Waals surface area contributed by atoms with Crippen LogP contribution < -0.4 is 0 Å². The summed E-state index contributed by atoms with van der Waals surface area (Å²) in [6, 6.07) is -1.16. The van der Waals surface area contributed by atoms with E-state index in [0.29, 0.717) is 37.7 Å². The van der Waals surface area contributed by atoms with Crippen molar-refractivity contribution < 1.29 is 66.6 Å². The molecule has 16 heteroatoms. The van der Waals surface area contributed by atoms with Crippen molar-refractivity contribution in [2.24, 2.45) is 29.6 Å². The SMILES string of the molecule is CCC1/C=C(\C)C(F)C(C)CC(OC)C2OC(O)(C(=O)C(=O)N3CCCCC3C(=O)OC(C(C)=CC3CCC(OCCO)C(OC)C3)C(C)C(O[Si](C)(C)C(C)(C)C)CC1=O)C(C)CC2OC. The highest BCUT2D eigenvalue weighted by molar-refractivity contribution is 6.74. The normalized spacial score (nSPS) is 38.4. The molecule has 1 saturated carbocycles. The van der Waals surface area contributed by atoms with E-state index in [2.05, 4.69) is 39.9 Å². The van der Waals surface area contributed by atoms with Gasteiger partial charge in [0.1, 0.15) is 30.2 Å². The third-order valence-electron chi connectivity index (χ3n) is 15.7. The third-order valence-corrected chi connectivity index (χ3v) is 20.2. The highest BCUT2D eigenvalue weighted by Crippen LogP contribution is 2.42. The molecule has 1 aliphatic carbocycles. The Bertz CT molecular complexity index is 1740. The molecule has 4 aliphatic rings. The number of aliphatic hydroxyl groups is 2. The van der Waals surface area contributed by atoms with Crippen LogP contribution in [0.5, 0.6) is 0 Å². The average molecular weight is 968 g/mol. The highest BCUT2D eigenvalue weighted by Gasteiger charge is 2.57. The van der Waals surface area contributed by atoms with E-state index in [1.165, 1.54) is 19.1 Å². The lowest BCUT2D eigenvalue weighted by molar-refractivity contribution is -0.302. The van der Waals surface area contributed by atoms with Gasteiger partial charge in [-0.2, -0.15) is 0 Å². The van der Waals surface area contributed by atoms with Crippen LogP contribution >= 0.6 is 0 Å². The fraction of sp³-hybridized carbons (Fsp3) is 0.843. The van der Waals surface area contributed by atoms with Crippen molar-refractivity contribution in [2.45, 2.75) is 205 Å². The number of ketones is 2. The summed E-state index contributed by atoms with van der Waals surface area (Å²) in [5, 5.41) is 21.4. The number of hydrogen-bond donors (Lipinski definition) is 2. The van der Waals surface area contributed by atoms with Gasteiger partial charge in [-0.1, -0.05) is 60.6 Å². The monoisotopic (exact) mass is 968 g/mol. The quantitative estimate of drug-likeness (QED) is 0.0904. The van der Waals surface area contributed by atoms with Crippen LogP contribution in [0.3, 0.4) is 0 Å². The topological polar surface area (TPSA) is 177 Å². The first-order valence-corrected chi connectivity index (χ1v) is 27.8. The van der Waals surface area contributed by atoms with Crippen molar-refractivity contribution in [1.29, 1.82) is 0 Å². The number of allylic oxidation sites excluding steroid dienone is 3. The number of nitrogens with zero attached hydrogens (tertiary/aromatic N) is 1. The van der Waals surface area contributed by atoms with Crippen LogP contribution in [0.2, 0.25) is 18.1 Å². The number of halogens is 1. The molecule has 14 nitrogen and oxygen atoms in total. The molecule has 2 saturated heterocycles. The molecule has 384 valence electrons. The Hall–Kier alpha value is -2.41. The van der Waals surface area contributed by atoms with Crippen LogP contribution in [-0.4, -0.2) is 149 Å². The summed E-state index contributed by atoms with van der Waals surface area (Å²) in [6.07, 6.45) is 1.65. The van der Waals surface area contributed by atoms with Gasteiger partial charge in [-0.05, 0) is 113 Å². The maximum absolute atomic E-state index is 16.6. The second kappa shape index (κ2) is 24.6. The molecule has 67 heavy (non-hydrogen) atoms. The maximum Gasteiger partial charge on any atom is 0.329 e. The number of hydrogen-bond acceptors (Lipinski definition) is 13. The van der Waals surface area contributed by atoms with Gasteiger partial charge in [0.25, 0.3) is 11.7 Å². The first kappa shape index (κ1) is 57.2. The van der Waals surface area contributed by atoms with Gasteiger partial charge in [-0.25, -0.2) is 9.18 Å². The molecule has 3 aliphatic heterocycles. The van der Waals surface area contributed by atoms with Gasteiger partial charge < -0.3 is 48.0 Å². The van der Waals surface area contributed by atoms with Crippen LogP contribution in [0.25, 0.3) is 0 Å². The number of alkyl halides is 1. The fourth-order valence-electron chi connectivity index (χ4n) is 10.4. The number of amides is 1. The number of rotatable bonds is 11. The molecule has 15 unspecified atom stereocenters. The summed E-state index contributed by atoms with van der Waals surface area (Å²) < 4.78 is 60.1. The minimum Gasteiger partial charge on any atom is -0.456 e. The minimum absolute atomic E-state index is 0.00725.